The fourth-order valence-corrected chi connectivity index (χ4v) is 2.06. The van der Waals surface area contributed by atoms with Crippen LogP contribution < -0.4 is 4.74 Å². The Hall–Kier alpha value is -0.980. The van der Waals surface area contributed by atoms with Crippen molar-refractivity contribution in [2.45, 2.75) is 40.0 Å². The van der Waals surface area contributed by atoms with Gasteiger partial charge in [-0.2, -0.15) is 0 Å². The van der Waals surface area contributed by atoms with Crippen LogP contribution in [0.2, 0.25) is 0 Å². The van der Waals surface area contributed by atoms with Gasteiger partial charge in [-0.05, 0) is 36.0 Å². The van der Waals surface area contributed by atoms with Gasteiger partial charge in [0.1, 0.15) is 5.75 Å². The van der Waals surface area contributed by atoms with Crippen LogP contribution in [0.5, 0.6) is 5.75 Å². The molecule has 15 heavy (non-hydrogen) atoms. The van der Waals surface area contributed by atoms with E-state index in [4.69, 9.17) is 4.74 Å². The second-order valence-electron chi connectivity index (χ2n) is 4.94. The van der Waals surface area contributed by atoms with E-state index >= 15 is 0 Å². The second kappa shape index (κ2) is 5.20. The molecule has 0 unspecified atom stereocenters. The molecule has 1 aromatic rings. The van der Waals surface area contributed by atoms with Gasteiger partial charge in [-0.25, -0.2) is 0 Å². The number of benzene rings is 1. The minimum absolute atomic E-state index is 0.406. The van der Waals surface area contributed by atoms with Crippen LogP contribution >= 0.6 is 0 Å². The molecule has 0 heterocycles. The molecule has 0 spiro atoms. The van der Waals surface area contributed by atoms with Crippen LogP contribution in [0, 0.1) is 5.41 Å². The quantitative estimate of drug-likeness (QED) is 0.705. The van der Waals surface area contributed by atoms with E-state index in [9.17, 15) is 0 Å². The van der Waals surface area contributed by atoms with E-state index in [0.29, 0.717) is 5.41 Å². The van der Waals surface area contributed by atoms with Gasteiger partial charge in [0.05, 0.1) is 7.11 Å². The molecule has 1 heteroatoms. The van der Waals surface area contributed by atoms with Crippen molar-refractivity contribution in [3.8, 4) is 5.75 Å². The van der Waals surface area contributed by atoms with E-state index in [1.165, 1.54) is 18.4 Å². The Balaban J connectivity index is 2.64. The molecule has 0 aliphatic rings. The minimum Gasteiger partial charge on any atom is -0.497 e. The minimum atomic E-state index is 0.406. The van der Waals surface area contributed by atoms with Crippen LogP contribution in [0.25, 0.3) is 0 Å². The van der Waals surface area contributed by atoms with Crippen LogP contribution in [0.4, 0.5) is 0 Å². The average molecular weight is 206 g/mol. The highest BCUT2D eigenvalue weighted by molar-refractivity contribution is 5.27. The van der Waals surface area contributed by atoms with Gasteiger partial charge in [0.15, 0.2) is 0 Å². The summed E-state index contributed by atoms with van der Waals surface area (Å²) in [5.41, 5.74) is 1.80. The van der Waals surface area contributed by atoms with Gasteiger partial charge in [0.25, 0.3) is 0 Å². The summed E-state index contributed by atoms with van der Waals surface area (Å²) in [6.07, 6.45) is 3.67. The number of methoxy groups -OCH3 is 1. The van der Waals surface area contributed by atoms with E-state index in [0.717, 1.165) is 12.2 Å². The average Bonchev–Trinajstić information content (AvgIpc) is 2.18. The first-order valence-corrected chi connectivity index (χ1v) is 5.70. The summed E-state index contributed by atoms with van der Waals surface area (Å²) in [5.74, 6) is 0.937. The predicted molar refractivity (Wildman–Crippen MR) is 65.4 cm³/mol. The molecule has 0 bridgehead atoms. The first-order chi connectivity index (χ1) is 7.07. The van der Waals surface area contributed by atoms with E-state index in [-0.39, 0.29) is 0 Å². The Bertz CT molecular complexity index is 285. The fourth-order valence-electron chi connectivity index (χ4n) is 2.06. The zero-order valence-corrected chi connectivity index (χ0v) is 10.3. The zero-order chi connectivity index (χ0) is 11.3. The van der Waals surface area contributed by atoms with Crippen molar-refractivity contribution in [2.24, 2.45) is 5.41 Å². The van der Waals surface area contributed by atoms with Crippen LogP contribution in [-0.4, -0.2) is 7.11 Å². The van der Waals surface area contributed by atoms with Crippen molar-refractivity contribution in [1.29, 1.82) is 0 Å². The maximum Gasteiger partial charge on any atom is 0.118 e. The van der Waals surface area contributed by atoms with Gasteiger partial charge in [0, 0.05) is 0 Å². The number of hydrogen-bond acceptors (Lipinski definition) is 1. The van der Waals surface area contributed by atoms with Gasteiger partial charge >= 0.3 is 0 Å². The lowest BCUT2D eigenvalue weighted by atomic mass is 9.82. The third kappa shape index (κ3) is 3.94. The van der Waals surface area contributed by atoms with Crippen molar-refractivity contribution < 1.29 is 4.74 Å². The van der Waals surface area contributed by atoms with E-state index in [2.05, 4.69) is 32.9 Å². The summed E-state index contributed by atoms with van der Waals surface area (Å²) in [4.78, 5) is 0. The third-order valence-corrected chi connectivity index (χ3v) is 2.77. The van der Waals surface area contributed by atoms with Gasteiger partial charge in [0.2, 0.25) is 0 Å². The Morgan fingerprint density at radius 2 is 1.73 bits per heavy atom. The van der Waals surface area contributed by atoms with Gasteiger partial charge in [-0.15, -0.1) is 0 Å². The fraction of sp³-hybridized carbons (Fsp3) is 0.571. The van der Waals surface area contributed by atoms with Crippen LogP contribution in [0.3, 0.4) is 0 Å². The van der Waals surface area contributed by atoms with Crippen molar-refractivity contribution >= 4 is 0 Å². The normalized spacial score (nSPS) is 11.5. The number of ether oxygens (including phenoxy) is 1. The summed E-state index contributed by atoms with van der Waals surface area (Å²) in [6, 6.07) is 8.40. The Labute approximate surface area is 93.5 Å². The maximum atomic E-state index is 5.15. The molecule has 0 radical (unpaired) electrons. The molecule has 0 atom stereocenters. The molecule has 0 aliphatic heterocycles. The first kappa shape index (κ1) is 12.1. The Morgan fingerprint density at radius 3 is 2.20 bits per heavy atom. The second-order valence-corrected chi connectivity index (χ2v) is 4.94. The SMILES string of the molecule is CCCC(C)(C)Cc1ccc(OC)cc1. The lowest BCUT2D eigenvalue weighted by molar-refractivity contribution is 0.329. The molecule has 0 aromatic heterocycles. The van der Waals surface area contributed by atoms with E-state index in [1.807, 2.05) is 12.1 Å². The first-order valence-electron chi connectivity index (χ1n) is 5.70. The number of hydrogen-bond donors (Lipinski definition) is 0. The maximum absolute atomic E-state index is 5.15. The topological polar surface area (TPSA) is 9.23 Å². The molecule has 84 valence electrons. The predicted octanol–water partition coefficient (Wildman–Crippen LogP) is 4.06. The van der Waals surface area contributed by atoms with Gasteiger partial charge in [-0.1, -0.05) is 39.3 Å². The lowest BCUT2D eigenvalue weighted by Crippen LogP contribution is -2.14. The van der Waals surface area contributed by atoms with Crippen LogP contribution in [0.1, 0.15) is 39.2 Å². The Morgan fingerprint density at radius 1 is 1.13 bits per heavy atom. The van der Waals surface area contributed by atoms with Crippen LogP contribution in [0.15, 0.2) is 24.3 Å². The summed E-state index contributed by atoms with van der Waals surface area (Å²) in [6.45, 7) is 6.91. The van der Waals surface area contributed by atoms with Crippen molar-refractivity contribution in [3.05, 3.63) is 29.8 Å². The molecule has 1 aromatic carbocycles. The highest BCUT2D eigenvalue weighted by Crippen LogP contribution is 2.27. The Kier molecular flexibility index (Phi) is 4.19. The highest BCUT2D eigenvalue weighted by atomic mass is 16.5. The van der Waals surface area contributed by atoms with Crippen molar-refractivity contribution in [3.63, 3.8) is 0 Å². The summed E-state index contributed by atoms with van der Waals surface area (Å²) in [5, 5.41) is 0. The molecule has 0 N–H and O–H groups in total. The molecular weight excluding hydrogens is 184 g/mol. The molecule has 0 saturated carbocycles. The van der Waals surface area contributed by atoms with Gasteiger partial charge in [-0.3, -0.25) is 0 Å². The summed E-state index contributed by atoms with van der Waals surface area (Å²) in [7, 11) is 1.70. The largest absolute Gasteiger partial charge is 0.497 e. The summed E-state index contributed by atoms with van der Waals surface area (Å²) < 4.78 is 5.15. The summed E-state index contributed by atoms with van der Waals surface area (Å²) >= 11 is 0. The van der Waals surface area contributed by atoms with E-state index < -0.39 is 0 Å². The standard InChI is InChI=1S/C14H22O/c1-5-10-14(2,3)11-12-6-8-13(15-4)9-7-12/h6-9H,5,10-11H2,1-4H3. The lowest BCUT2D eigenvalue weighted by Gasteiger charge is -2.24. The van der Waals surface area contributed by atoms with Gasteiger partial charge < -0.3 is 4.74 Å². The highest BCUT2D eigenvalue weighted by Gasteiger charge is 2.16. The molecule has 1 rings (SSSR count). The van der Waals surface area contributed by atoms with E-state index in [1.54, 1.807) is 7.11 Å². The third-order valence-electron chi connectivity index (χ3n) is 2.77. The van der Waals surface area contributed by atoms with Crippen LogP contribution in [-0.2, 0) is 6.42 Å². The molecule has 0 amide bonds. The smallest absolute Gasteiger partial charge is 0.118 e. The monoisotopic (exact) mass is 206 g/mol. The number of rotatable bonds is 5. The molecular formula is C14H22O. The molecule has 0 saturated heterocycles. The molecule has 0 fully saturated rings. The van der Waals surface area contributed by atoms with Crippen molar-refractivity contribution in [1.82, 2.24) is 0 Å². The molecule has 1 nitrogen and oxygen atoms in total. The zero-order valence-electron chi connectivity index (χ0n) is 10.3. The van der Waals surface area contributed by atoms with Crippen molar-refractivity contribution in [2.75, 3.05) is 7.11 Å². The molecule has 0 aliphatic carbocycles.